The van der Waals surface area contributed by atoms with Gasteiger partial charge in [0.15, 0.2) is 0 Å². The fourth-order valence-corrected chi connectivity index (χ4v) is 3.97. The summed E-state index contributed by atoms with van der Waals surface area (Å²) in [4.78, 5) is 21.2. The minimum absolute atomic E-state index is 0.0685. The summed E-state index contributed by atoms with van der Waals surface area (Å²) in [6.07, 6.45) is 5.89. The number of likely N-dealkylation sites (tertiary alicyclic amines) is 1. The van der Waals surface area contributed by atoms with E-state index >= 15 is 0 Å². The molecule has 1 amide bonds. The zero-order valence-corrected chi connectivity index (χ0v) is 15.0. The van der Waals surface area contributed by atoms with E-state index in [1.54, 1.807) is 12.7 Å². The van der Waals surface area contributed by atoms with E-state index in [9.17, 15) is 4.79 Å². The molecule has 0 aromatic carbocycles. The number of ether oxygens (including phenoxy) is 1. The molecule has 2 fully saturated rings. The van der Waals surface area contributed by atoms with Gasteiger partial charge in [-0.1, -0.05) is 0 Å². The van der Waals surface area contributed by atoms with Crippen molar-refractivity contribution in [3.63, 3.8) is 0 Å². The van der Waals surface area contributed by atoms with Crippen LogP contribution >= 0.6 is 0 Å². The molecule has 0 bridgehead atoms. The third-order valence-corrected chi connectivity index (χ3v) is 5.10. The van der Waals surface area contributed by atoms with Crippen LogP contribution in [0.1, 0.15) is 33.6 Å². The van der Waals surface area contributed by atoms with E-state index in [4.69, 9.17) is 4.74 Å². The van der Waals surface area contributed by atoms with Gasteiger partial charge in [-0.05, 0) is 46.1 Å². The molecule has 3 rings (SSSR count). The Morgan fingerprint density at radius 3 is 2.71 bits per heavy atom. The number of amides is 1. The summed E-state index contributed by atoms with van der Waals surface area (Å²) in [6, 6.07) is -0.0685. The van der Waals surface area contributed by atoms with Gasteiger partial charge in [0.25, 0.3) is 0 Å². The lowest BCUT2D eigenvalue weighted by molar-refractivity contribution is -0.148. The Balaban J connectivity index is 1.57. The van der Waals surface area contributed by atoms with Crippen LogP contribution in [0.3, 0.4) is 0 Å². The minimum Gasteiger partial charge on any atom is -0.372 e. The van der Waals surface area contributed by atoms with Crippen molar-refractivity contribution in [1.29, 1.82) is 0 Å². The molecule has 0 spiro atoms. The number of carbonyl (C=O) groups excluding carboxylic acids is 1. The molecule has 2 aliphatic heterocycles. The summed E-state index contributed by atoms with van der Waals surface area (Å²) in [7, 11) is 0. The van der Waals surface area contributed by atoms with Gasteiger partial charge in [-0.3, -0.25) is 14.4 Å². The number of morpholine rings is 1. The van der Waals surface area contributed by atoms with Gasteiger partial charge in [0.2, 0.25) is 5.91 Å². The Bertz CT molecular complexity index is 525. The topological polar surface area (TPSA) is 63.5 Å². The predicted octanol–water partition coefficient (Wildman–Crippen LogP) is 1.01. The first-order chi connectivity index (χ1) is 11.5. The lowest BCUT2D eigenvalue weighted by atomic mass is 9.96. The van der Waals surface area contributed by atoms with E-state index < -0.39 is 0 Å². The predicted molar refractivity (Wildman–Crippen MR) is 90.4 cm³/mol. The van der Waals surface area contributed by atoms with Crippen LogP contribution in [-0.4, -0.2) is 74.9 Å². The summed E-state index contributed by atoms with van der Waals surface area (Å²) in [5.74, 6) is 0.761. The molecule has 3 heterocycles. The standard InChI is InChI=1S/C17H29N5O2/c1-13-7-21(8-14(2)24-13)17(23)15(3)20-6-4-5-16(9-20)10-22-12-18-11-19-22/h11-16H,4-10H2,1-3H3/t13-,14+,15-,16+/m0/s1. The fraction of sp³-hybridized carbons (Fsp3) is 0.824. The molecule has 2 saturated heterocycles. The maximum atomic E-state index is 12.9. The van der Waals surface area contributed by atoms with Crippen LogP contribution in [0.2, 0.25) is 0 Å². The average Bonchev–Trinajstić information content (AvgIpc) is 3.06. The zero-order valence-electron chi connectivity index (χ0n) is 15.0. The van der Waals surface area contributed by atoms with Gasteiger partial charge < -0.3 is 9.64 Å². The molecule has 1 aromatic rings. The lowest BCUT2D eigenvalue weighted by Crippen LogP contribution is -2.55. The van der Waals surface area contributed by atoms with Gasteiger partial charge in [-0.2, -0.15) is 5.10 Å². The molecule has 7 nitrogen and oxygen atoms in total. The molecule has 0 aliphatic carbocycles. The Labute approximate surface area is 144 Å². The van der Waals surface area contributed by atoms with Crippen molar-refractivity contribution >= 4 is 5.91 Å². The molecular weight excluding hydrogens is 306 g/mol. The van der Waals surface area contributed by atoms with Crippen molar-refractivity contribution in [2.45, 2.75) is 58.4 Å². The van der Waals surface area contributed by atoms with Crippen LogP contribution in [0.25, 0.3) is 0 Å². The third-order valence-electron chi connectivity index (χ3n) is 5.10. The van der Waals surface area contributed by atoms with Crippen LogP contribution < -0.4 is 0 Å². The summed E-state index contributed by atoms with van der Waals surface area (Å²) < 4.78 is 7.64. The van der Waals surface area contributed by atoms with Gasteiger partial charge in [0.05, 0.1) is 18.2 Å². The van der Waals surface area contributed by atoms with Crippen LogP contribution in [0, 0.1) is 5.92 Å². The maximum absolute atomic E-state index is 12.9. The first kappa shape index (κ1) is 17.4. The molecule has 7 heteroatoms. The molecule has 0 saturated carbocycles. The van der Waals surface area contributed by atoms with E-state index in [1.807, 2.05) is 30.4 Å². The van der Waals surface area contributed by atoms with Crippen molar-refractivity contribution in [3.05, 3.63) is 12.7 Å². The summed E-state index contributed by atoms with van der Waals surface area (Å²) >= 11 is 0. The Morgan fingerprint density at radius 1 is 1.29 bits per heavy atom. The number of rotatable bonds is 4. The monoisotopic (exact) mass is 335 g/mol. The van der Waals surface area contributed by atoms with E-state index in [0.717, 1.165) is 26.1 Å². The summed E-state index contributed by atoms with van der Waals surface area (Å²) in [5, 5.41) is 4.20. The normalized spacial score (nSPS) is 30.3. The first-order valence-corrected chi connectivity index (χ1v) is 9.03. The van der Waals surface area contributed by atoms with Crippen molar-refractivity contribution in [2.24, 2.45) is 5.92 Å². The van der Waals surface area contributed by atoms with Crippen molar-refractivity contribution < 1.29 is 9.53 Å². The van der Waals surface area contributed by atoms with Crippen molar-refractivity contribution in [1.82, 2.24) is 24.6 Å². The largest absolute Gasteiger partial charge is 0.372 e. The fourth-order valence-electron chi connectivity index (χ4n) is 3.97. The smallest absolute Gasteiger partial charge is 0.239 e. The van der Waals surface area contributed by atoms with Crippen molar-refractivity contribution in [2.75, 3.05) is 26.2 Å². The molecule has 1 aromatic heterocycles. The van der Waals surface area contributed by atoms with Gasteiger partial charge >= 0.3 is 0 Å². The zero-order chi connectivity index (χ0) is 17.1. The second-order valence-electron chi connectivity index (χ2n) is 7.30. The van der Waals surface area contributed by atoms with E-state index in [2.05, 4.69) is 15.0 Å². The van der Waals surface area contributed by atoms with Gasteiger partial charge in [-0.15, -0.1) is 0 Å². The number of piperidine rings is 1. The van der Waals surface area contributed by atoms with Gasteiger partial charge in [0.1, 0.15) is 12.7 Å². The molecule has 134 valence electrons. The molecule has 2 aliphatic rings. The van der Waals surface area contributed by atoms with Crippen LogP contribution in [0.5, 0.6) is 0 Å². The van der Waals surface area contributed by atoms with Gasteiger partial charge in [0, 0.05) is 26.2 Å². The van der Waals surface area contributed by atoms with Crippen LogP contribution in [0.15, 0.2) is 12.7 Å². The van der Waals surface area contributed by atoms with E-state index in [1.165, 1.54) is 6.42 Å². The maximum Gasteiger partial charge on any atom is 0.239 e. The SMILES string of the molecule is C[C@@H]1CN(C(=O)[C@H](C)N2CCC[C@@H](Cn3cncn3)C2)C[C@H](C)O1. The molecule has 0 radical (unpaired) electrons. The number of nitrogens with zero attached hydrogens (tertiary/aromatic N) is 5. The summed E-state index contributed by atoms with van der Waals surface area (Å²) in [5.41, 5.74) is 0. The third kappa shape index (κ3) is 4.13. The highest BCUT2D eigenvalue weighted by Crippen LogP contribution is 2.21. The summed E-state index contributed by atoms with van der Waals surface area (Å²) in [6.45, 7) is 10.3. The highest BCUT2D eigenvalue weighted by molar-refractivity contribution is 5.81. The van der Waals surface area contributed by atoms with E-state index in [-0.39, 0.29) is 24.2 Å². The van der Waals surface area contributed by atoms with Crippen LogP contribution in [0.4, 0.5) is 0 Å². The van der Waals surface area contributed by atoms with Crippen molar-refractivity contribution in [3.8, 4) is 0 Å². The number of hydrogen-bond acceptors (Lipinski definition) is 5. The highest BCUT2D eigenvalue weighted by atomic mass is 16.5. The van der Waals surface area contributed by atoms with E-state index in [0.29, 0.717) is 19.0 Å². The van der Waals surface area contributed by atoms with Gasteiger partial charge in [-0.25, -0.2) is 4.98 Å². The number of carbonyl (C=O) groups is 1. The quantitative estimate of drug-likeness (QED) is 0.822. The molecule has 24 heavy (non-hydrogen) atoms. The Kier molecular flexibility index (Phi) is 5.50. The lowest BCUT2D eigenvalue weighted by Gasteiger charge is -2.41. The molecule has 0 N–H and O–H groups in total. The highest BCUT2D eigenvalue weighted by Gasteiger charge is 2.33. The number of aromatic nitrogens is 3. The molecule has 4 atom stereocenters. The second kappa shape index (κ2) is 7.61. The molecular formula is C17H29N5O2. The minimum atomic E-state index is -0.0685. The first-order valence-electron chi connectivity index (χ1n) is 9.03. The molecule has 0 unspecified atom stereocenters. The number of hydrogen-bond donors (Lipinski definition) is 0. The Morgan fingerprint density at radius 2 is 2.04 bits per heavy atom. The Hall–Kier alpha value is -1.47. The average molecular weight is 335 g/mol. The van der Waals surface area contributed by atoms with Crippen LogP contribution in [-0.2, 0) is 16.1 Å². The second-order valence-corrected chi connectivity index (χ2v) is 7.30.